The van der Waals surface area contributed by atoms with Gasteiger partial charge in [0.05, 0.1) is 12.5 Å². The fraction of sp³-hybridized carbons (Fsp3) is 0.412. The molecule has 1 unspecified atom stereocenters. The molecule has 2 N–H and O–H groups in total. The maximum absolute atomic E-state index is 12.5. The fourth-order valence-electron chi connectivity index (χ4n) is 1.94. The normalized spacial score (nSPS) is 12.0. The Bertz CT molecular complexity index is 596. The first-order chi connectivity index (χ1) is 10.4. The molecule has 1 heterocycles. The Hall–Kier alpha value is -1.55. The standard InChI is InChI=1S/C15H17ClF2N2.C2H6/c1-8-4-14-11(6-13(8)16)5-12(20-14)7-19-10(3)9(2)15(17)18;1-2/h4-6,9,15,19-20H,3,7H2,1-2H3;1-2H3. The molecule has 0 saturated heterocycles. The summed E-state index contributed by atoms with van der Waals surface area (Å²) in [5.74, 6) is -0.865. The SMILES string of the molecule is C=C(NCc1cc2cc(Cl)c(C)cc2[nH]1)C(C)C(F)F.CC. The molecule has 1 atom stereocenters. The van der Waals surface area contributed by atoms with Gasteiger partial charge < -0.3 is 10.3 Å². The van der Waals surface area contributed by atoms with Crippen molar-refractivity contribution < 1.29 is 8.78 Å². The Kier molecular flexibility index (Phi) is 6.88. The van der Waals surface area contributed by atoms with E-state index < -0.39 is 12.3 Å². The van der Waals surface area contributed by atoms with E-state index in [2.05, 4.69) is 16.9 Å². The Morgan fingerprint density at radius 1 is 1.32 bits per heavy atom. The smallest absolute Gasteiger partial charge is 0.246 e. The van der Waals surface area contributed by atoms with Gasteiger partial charge in [-0.15, -0.1) is 0 Å². The summed E-state index contributed by atoms with van der Waals surface area (Å²) in [5.41, 5.74) is 3.23. The van der Waals surface area contributed by atoms with Crippen LogP contribution in [0.3, 0.4) is 0 Å². The van der Waals surface area contributed by atoms with Crippen molar-refractivity contribution in [1.82, 2.24) is 10.3 Å². The Labute approximate surface area is 135 Å². The number of alkyl halides is 2. The van der Waals surface area contributed by atoms with Crippen molar-refractivity contribution >= 4 is 22.5 Å². The number of aryl methyl sites for hydroxylation is 1. The van der Waals surface area contributed by atoms with Gasteiger partial charge in [0.1, 0.15) is 0 Å². The summed E-state index contributed by atoms with van der Waals surface area (Å²) >= 11 is 6.07. The molecule has 1 aromatic carbocycles. The van der Waals surface area contributed by atoms with Crippen molar-refractivity contribution in [3.63, 3.8) is 0 Å². The second kappa shape index (κ2) is 8.18. The summed E-state index contributed by atoms with van der Waals surface area (Å²) in [5, 5.41) is 4.65. The van der Waals surface area contributed by atoms with Crippen molar-refractivity contribution in [2.24, 2.45) is 5.92 Å². The molecule has 0 saturated carbocycles. The van der Waals surface area contributed by atoms with Crippen LogP contribution < -0.4 is 5.32 Å². The summed E-state index contributed by atoms with van der Waals surface area (Å²) < 4.78 is 25.1. The number of fused-ring (bicyclic) bond motifs is 1. The van der Waals surface area contributed by atoms with E-state index in [1.54, 1.807) is 0 Å². The number of allylic oxidation sites excluding steroid dienone is 1. The van der Waals surface area contributed by atoms with E-state index in [0.29, 0.717) is 17.3 Å². The van der Waals surface area contributed by atoms with Gasteiger partial charge in [0.25, 0.3) is 0 Å². The maximum atomic E-state index is 12.5. The number of halogens is 3. The molecule has 0 spiro atoms. The molecule has 0 aliphatic rings. The first kappa shape index (κ1) is 18.5. The summed E-state index contributed by atoms with van der Waals surface area (Å²) in [7, 11) is 0. The van der Waals surface area contributed by atoms with E-state index in [9.17, 15) is 8.78 Å². The molecule has 122 valence electrons. The highest BCUT2D eigenvalue weighted by Crippen LogP contribution is 2.24. The summed E-state index contributed by atoms with van der Waals surface area (Å²) in [4.78, 5) is 3.24. The second-order valence-corrected chi connectivity index (χ2v) is 5.39. The minimum Gasteiger partial charge on any atom is -0.383 e. The Balaban J connectivity index is 0.00000116. The first-order valence-corrected chi connectivity index (χ1v) is 7.75. The number of hydrogen-bond donors (Lipinski definition) is 2. The van der Waals surface area contributed by atoms with Crippen LogP contribution in [0.2, 0.25) is 5.02 Å². The average molecular weight is 329 g/mol. The van der Waals surface area contributed by atoms with Gasteiger partial charge >= 0.3 is 0 Å². The minimum atomic E-state index is -2.40. The monoisotopic (exact) mass is 328 g/mol. The van der Waals surface area contributed by atoms with Gasteiger partial charge in [0.2, 0.25) is 6.43 Å². The molecule has 0 aliphatic carbocycles. The zero-order chi connectivity index (χ0) is 16.9. The highest BCUT2D eigenvalue weighted by Gasteiger charge is 2.17. The van der Waals surface area contributed by atoms with Gasteiger partial charge in [-0.1, -0.05) is 39.0 Å². The maximum Gasteiger partial charge on any atom is 0.246 e. The molecule has 2 nitrogen and oxygen atoms in total. The van der Waals surface area contributed by atoms with Crippen LogP contribution in [0.4, 0.5) is 8.78 Å². The number of benzene rings is 1. The lowest BCUT2D eigenvalue weighted by atomic mass is 10.1. The largest absolute Gasteiger partial charge is 0.383 e. The molecule has 1 aromatic heterocycles. The van der Waals surface area contributed by atoms with Gasteiger partial charge in [-0.05, 0) is 30.7 Å². The number of hydrogen-bond acceptors (Lipinski definition) is 1. The predicted octanol–water partition coefficient (Wildman–Crippen LogP) is 5.66. The van der Waals surface area contributed by atoms with Crippen LogP contribution in [0, 0.1) is 12.8 Å². The number of aromatic amines is 1. The summed E-state index contributed by atoms with van der Waals surface area (Å²) in [6, 6.07) is 5.81. The van der Waals surface area contributed by atoms with Crippen LogP contribution in [0.5, 0.6) is 0 Å². The van der Waals surface area contributed by atoms with Crippen LogP contribution in [0.25, 0.3) is 10.9 Å². The molecule has 5 heteroatoms. The van der Waals surface area contributed by atoms with E-state index in [1.807, 2.05) is 39.0 Å². The van der Waals surface area contributed by atoms with E-state index in [-0.39, 0.29) is 0 Å². The van der Waals surface area contributed by atoms with Gasteiger partial charge in [-0.25, -0.2) is 8.78 Å². The van der Waals surface area contributed by atoms with Crippen LogP contribution in [-0.2, 0) is 6.54 Å². The number of nitrogens with one attached hydrogen (secondary N) is 2. The van der Waals surface area contributed by atoms with Gasteiger partial charge in [-0.3, -0.25) is 0 Å². The molecule has 0 bridgehead atoms. The highest BCUT2D eigenvalue weighted by molar-refractivity contribution is 6.32. The van der Waals surface area contributed by atoms with Crippen LogP contribution in [0.15, 0.2) is 30.5 Å². The summed E-state index contributed by atoms with van der Waals surface area (Å²) in [6.07, 6.45) is -2.40. The van der Waals surface area contributed by atoms with Crippen molar-refractivity contribution in [3.05, 3.63) is 46.8 Å². The minimum absolute atomic E-state index is 0.341. The fourth-order valence-corrected chi connectivity index (χ4v) is 2.11. The molecule has 2 aromatic rings. The molecule has 22 heavy (non-hydrogen) atoms. The van der Waals surface area contributed by atoms with Crippen molar-refractivity contribution in [2.45, 2.75) is 40.7 Å². The lowest BCUT2D eigenvalue weighted by molar-refractivity contribution is 0.100. The van der Waals surface area contributed by atoms with Crippen LogP contribution in [0.1, 0.15) is 32.0 Å². The van der Waals surface area contributed by atoms with E-state index in [4.69, 9.17) is 11.6 Å². The lowest BCUT2D eigenvalue weighted by Gasteiger charge is -2.15. The molecule has 0 fully saturated rings. The molecule has 0 amide bonds. The van der Waals surface area contributed by atoms with E-state index >= 15 is 0 Å². The number of rotatable bonds is 5. The summed E-state index contributed by atoms with van der Waals surface area (Å²) in [6.45, 7) is 11.5. The van der Waals surface area contributed by atoms with Crippen molar-refractivity contribution in [1.29, 1.82) is 0 Å². The van der Waals surface area contributed by atoms with Crippen molar-refractivity contribution in [2.75, 3.05) is 0 Å². The van der Waals surface area contributed by atoms with Crippen LogP contribution in [-0.4, -0.2) is 11.4 Å². The molecule has 2 rings (SSSR count). The first-order valence-electron chi connectivity index (χ1n) is 7.37. The van der Waals surface area contributed by atoms with Crippen LogP contribution >= 0.6 is 11.6 Å². The Morgan fingerprint density at radius 3 is 2.55 bits per heavy atom. The average Bonchev–Trinajstić information content (AvgIpc) is 2.88. The number of H-pyrrole nitrogens is 1. The highest BCUT2D eigenvalue weighted by atomic mass is 35.5. The van der Waals surface area contributed by atoms with E-state index in [0.717, 1.165) is 22.2 Å². The second-order valence-electron chi connectivity index (χ2n) is 4.99. The molecular formula is C17H23ClF2N2. The number of aromatic nitrogens is 1. The zero-order valence-corrected chi connectivity index (χ0v) is 14.2. The zero-order valence-electron chi connectivity index (χ0n) is 13.4. The third-order valence-corrected chi connectivity index (χ3v) is 3.80. The molecule has 0 radical (unpaired) electrons. The van der Waals surface area contributed by atoms with E-state index in [1.165, 1.54) is 6.92 Å². The molecular weight excluding hydrogens is 306 g/mol. The lowest BCUT2D eigenvalue weighted by Crippen LogP contribution is -2.22. The van der Waals surface area contributed by atoms with Gasteiger partial charge in [0.15, 0.2) is 0 Å². The third-order valence-electron chi connectivity index (χ3n) is 3.39. The third kappa shape index (κ3) is 4.47. The Morgan fingerprint density at radius 2 is 1.95 bits per heavy atom. The van der Waals surface area contributed by atoms with Crippen molar-refractivity contribution in [3.8, 4) is 0 Å². The topological polar surface area (TPSA) is 27.8 Å². The molecule has 0 aliphatic heterocycles. The van der Waals surface area contributed by atoms with Gasteiger partial charge in [-0.2, -0.15) is 0 Å². The predicted molar refractivity (Wildman–Crippen MR) is 90.5 cm³/mol. The quantitative estimate of drug-likeness (QED) is 0.728. The van der Waals surface area contributed by atoms with Gasteiger partial charge in [0, 0.05) is 27.3 Å².